The first-order valence-corrected chi connectivity index (χ1v) is 8.29. The molecular formula is C17H26ClFN2. The predicted molar refractivity (Wildman–Crippen MR) is 87.1 cm³/mol. The van der Waals surface area contributed by atoms with Crippen LogP contribution in [0, 0.1) is 17.7 Å². The van der Waals surface area contributed by atoms with Crippen LogP contribution >= 0.6 is 11.6 Å². The first-order valence-electron chi connectivity index (χ1n) is 7.91. The van der Waals surface area contributed by atoms with Crippen molar-refractivity contribution in [2.45, 2.75) is 33.2 Å². The fourth-order valence-electron chi connectivity index (χ4n) is 2.83. The van der Waals surface area contributed by atoms with Gasteiger partial charge in [-0.1, -0.05) is 25.4 Å². The van der Waals surface area contributed by atoms with Crippen LogP contribution in [0.15, 0.2) is 18.2 Å². The minimum absolute atomic E-state index is 0.206. The van der Waals surface area contributed by atoms with E-state index in [1.165, 1.54) is 18.9 Å². The van der Waals surface area contributed by atoms with E-state index < -0.39 is 0 Å². The molecule has 0 aliphatic carbocycles. The van der Waals surface area contributed by atoms with Gasteiger partial charge in [-0.2, -0.15) is 0 Å². The quantitative estimate of drug-likeness (QED) is 0.856. The Morgan fingerprint density at radius 3 is 2.71 bits per heavy atom. The topological polar surface area (TPSA) is 15.3 Å². The molecule has 0 amide bonds. The summed E-state index contributed by atoms with van der Waals surface area (Å²) in [6.45, 7) is 9.58. The van der Waals surface area contributed by atoms with E-state index in [1.807, 2.05) is 0 Å². The van der Waals surface area contributed by atoms with Crippen LogP contribution in [0.5, 0.6) is 0 Å². The highest BCUT2D eigenvalue weighted by atomic mass is 35.5. The molecule has 0 unspecified atom stereocenters. The van der Waals surface area contributed by atoms with Gasteiger partial charge in [-0.15, -0.1) is 0 Å². The molecule has 0 spiro atoms. The lowest BCUT2D eigenvalue weighted by Crippen LogP contribution is -2.37. The summed E-state index contributed by atoms with van der Waals surface area (Å²) in [5.74, 6) is 1.27. The number of benzene rings is 1. The molecule has 21 heavy (non-hydrogen) atoms. The highest BCUT2D eigenvalue weighted by molar-refractivity contribution is 6.31. The molecule has 4 heteroatoms. The first-order chi connectivity index (χ1) is 10.0. The molecule has 0 radical (unpaired) electrons. The largest absolute Gasteiger partial charge is 0.316 e. The molecule has 1 saturated heterocycles. The maximum atomic E-state index is 13.3. The normalized spacial score (nSPS) is 17.6. The summed E-state index contributed by atoms with van der Waals surface area (Å²) < 4.78 is 13.3. The number of nitrogens with zero attached hydrogens (tertiary/aromatic N) is 1. The van der Waals surface area contributed by atoms with Crippen molar-refractivity contribution in [2.24, 2.45) is 11.8 Å². The second kappa shape index (κ2) is 8.11. The van der Waals surface area contributed by atoms with Crippen molar-refractivity contribution >= 4 is 11.6 Å². The Morgan fingerprint density at radius 1 is 1.33 bits per heavy atom. The molecule has 1 aliphatic rings. The molecule has 1 aliphatic heterocycles. The van der Waals surface area contributed by atoms with Crippen molar-refractivity contribution in [3.05, 3.63) is 34.6 Å². The van der Waals surface area contributed by atoms with Gasteiger partial charge in [0.1, 0.15) is 5.82 Å². The van der Waals surface area contributed by atoms with Gasteiger partial charge in [0.25, 0.3) is 0 Å². The monoisotopic (exact) mass is 312 g/mol. The summed E-state index contributed by atoms with van der Waals surface area (Å²) in [5, 5.41) is 4.21. The lowest BCUT2D eigenvalue weighted by atomic mass is 9.96. The molecule has 0 aromatic heterocycles. The highest BCUT2D eigenvalue weighted by Gasteiger charge is 2.19. The third-order valence-corrected chi connectivity index (χ3v) is 4.46. The SMILES string of the molecule is CC(C)CNCC1CCN(Cc2cc(F)ccc2Cl)CC1. The Morgan fingerprint density at radius 2 is 2.05 bits per heavy atom. The minimum Gasteiger partial charge on any atom is -0.316 e. The van der Waals surface area contributed by atoms with Gasteiger partial charge in [0.2, 0.25) is 0 Å². The van der Waals surface area contributed by atoms with E-state index in [1.54, 1.807) is 12.1 Å². The van der Waals surface area contributed by atoms with Crippen LogP contribution in [0.1, 0.15) is 32.3 Å². The fraction of sp³-hybridized carbons (Fsp3) is 0.647. The number of halogens is 2. The molecule has 118 valence electrons. The lowest BCUT2D eigenvalue weighted by Gasteiger charge is -2.32. The molecule has 0 saturated carbocycles. The molecule has 1 heterocycles. The molecule has 2 rings (SSSR count). The summed E-state index contributed by atoms with van der Waals surface area (Å²) in [6, 6.07) is 4.62. The predicted octanol–water partition coefficient (Wildman–Crippen LogP) is 3.94. The molecular weight excluding hydrogens is 287 g/mol. The Balaban J connectivity index is 1.75. The van der Waals surface area contributed by atoms with E-state index >= 15 is 0 Å². The van der Waals surface area contributed by atoms with Crippen LogP contribution in [0.25, 0.3) is 0 Å². The van der Waals surface area contributed by atoms with Crippen LogP contribution in [-0.2, 0) is 6.54 Å². The molecule has 2 nitrogen and oxygen atoms in total. The number of nitrogens with one attached hydrogen (secondary N) is 1. The lowest BCUT2D eigenvalue weighted by molar-refractivity contribution is 0.175. The number of likely N-dealkylation sites (tertiary alicyclic amines) is 1. The summed E-state index contributed by atoms with van der Waals surface area (Å²) >= 11 is 6.14. The van der Waals surface area contributed by atoms with Crippen LogP contribution in [0.2, 0.25) is 5.02 Å². The fourth-order valence-corrected chi connectivity index (χ4v) is 3.01. The maximum Gasteiger partial charge on any atom is 0.123 e. The number of hydrogen-bond acceptors (Lipinski definition) is 2. The molecule has 1 aromatic rings. The van der Waals surface area contributed by atoms with Gasteiger partial charge in [0, 0.05) is 11.6 Å². The maximum absolute atomic E-state index is 13.3. The van der Waals surface area contributed by atoms with Crippen molar-refractivity contribution < 1.29 is 4.39 Å². The van der Waals surface area contributed by atoms with E-state index in [9.17, 15) is 4.39 Å². The molecule has 1 N–H and O–H groups in total. The van der Waals surface area contributed by atoms with Gasteiger partial charge in [-0.05, 0) is 74.6 Å². The van der Waals surface area contributed by atoms with Crippen LogP contribution < -0.4 is 5.32 Å². The highest BCUT2D eigenvalue weighted by Crippen LogP contribution is 2.22. The number of piperidine rings is 1. The van der Waals surface area contributed by atoms with Gasteiger partial charge in [0.15, 0.2) is 0 Å². The third-order valence-electron chi connectivity index (χ3n) is 4.09. The van der Waals surface area contributed by atoms with Crippen LogP contribution in [0.3, 0.4) is 0 Å². The molecule has 1 aromatic carbocycles. The van der Waals surface area contributed by atoms with Gasteiger partial charge in [-0.25, -0.2) is 4.39 Å². The van der Waals surface area contributed by atoms with Gasteiger partial charge in [-0.3, -0.25) is 4.90 Å². The van der Waals surface area contributed by atoms with E-state index in [4.69, 9.17) is 11.6 Å². The average molecular weight is 313 g/mol. The second-order valence-corrected chi connectivity index (χ2v) is 6.91. The Hall–Kier alpha value is -0.640. The minimum atomic E-state index is -0.206. The smallest absolute Gasteiger partial charge is 0.123 e. The third kappa shape index (κ3) is 5.57. The summed E-state index contributed by atoms with van der Waals surface area (Å²) in [6.07, 6.45) is 2.41. The van der Waals surface area contributed by atoms with E-state index in [0.717, 1.165) is 44.2 Å². The standard InChI is InChI=1S/C17H26ClFN2/c1-13(2)10-20-11-14-5-7-21(8-6-14)12-15-9-16(19)3-4-17(15)18/h3-4,9,13-14,20H,5-8,10-12H2,1-2H3. The second-order valence-electron chi connectivity index (χ2n) is 6.51. The summed E-state index contributed by atoms with van der Waals surface area (Å²) in [7, 11) is 0. The molecule has 0 atom stereocenters. The van der Waals surface area contributed by atoms with Crippen molar-refractivity contribution in [3.8, 4) is 0 Å². The van der Waals surface area contributed by atoms with E-state index in [-0.39, 0.29) is 5.82 Å². The van der Waals surface area contributed by atoms with Crippen molar-refractivity contribution in [3.63, 3.8) is 0 Å². The van der Waals surface area contributed by atoms with Gasteiger partial charge < -0.3 is 5.32 Å². The van der Waals surface area contributed by atoms with Crippen molar-refractivity contribution in [1.29, 1.82) is 0 Å². The van der Waals surface area contributed by atoms with Gasteiger partial charge in [0.05, 0.1) is 0 Å². The first kappa shape index (κ1) is 16.7. The summed E-state index contributed by atoms with van der Waals surface area (Å²) in [5.41, 5.74) is 0.896. The Labute approximate surface area is 132 Å². The van der Waals surface area contributed by atoms with E-state index in [2.05, 4.69) is 24.1 Å². The molecule has 1 fully saturated rings. The average Bonchev–Trinajstić information content (AvgIpc) is 2.44. The Kier molecular flexibility index (Phi) is 6.46. The molecule has 0 bridgehead atoms. The van der Waals surface area contributed by atoms with E-state index in [0.29, 0.717) is 10.9 Å². The Bertz CT molecular complexity index is 442. The zero-order valence-corrected chi connectivity index (χ0v) is 13.8. The number of hydrogen-bond donors (Lipinski definition) is 1. The zero-order valence-electron chi connectivity index (χ0n) is 13.0. The number of rotatable bonds is 6. The summed E-state index contributed by atoms with van der Waals surface area (Å²) in [4.78, 5) is 2.37. The van der Waals surface area contributed by atoms with Crippen molar-refractivity contribution in [1.82, 2.24) is 10.2 Å². The van der Waals surface area contributed by atoms with Crippen molar-refractivity contribution in [2.75, 3.05) is 26.2 Å². The van der Waals surface area contributed by atoms with Crippen LogP contribution in [-0.4, -0.2) is 31.1 Å². The zero-order chi connectivity index (χ0) is 15.2. The van der Waals surface area contributed by atoms with Crippen LogP contribution in [0.4, 0.5) is 4.39 Å². The van der Waals surface area contributed by atoms with Gasteiger partial charge >= 0.3 is 0 Å².